The topological polar surface area (TPSA) is 89.9 Å². The molecular weight excluding hydrogens is 236 g/mol. The fourth-order valence-corrected chi connectivity index (χ4v) is 1.54. The Morgan fingerprint density at radius 2 is 1.89 bits per heavy atom. The number of nitrogens with zero attached hydrogens (tertiary/aromatic N) is 1. The number of nitrogens with one attached hydrogen (secondary N) is 1. The van der Waals surface area contributed by atoms with E-state index in [1.807, 2.05) is 0 Å². The number of unbranched alkanes of at least 4 members (excludes halogenated alkanes) is 2. The molecule has 0 saturated carbocycles. The summed E-state index contributed by atoms with van der Waals surface area (Å²) in [7, 11) is 0. The number of aliphatic hydroxyl groups excluding tert-OH is 1. The summed E-state index contributed by atoms with van der Waals surface area (Å²) in [5.74, 6) is -0.862. The van der Waals surface area contributed by atoms with E-state index in [0.717, 1.165) is 19.3 Å². The number of carboxylic acids is 1. The average Bonchev–Trinajstić information content (AvgIpc) is 2.33. The van der Waals surface area contributed by atoms with Crippen LogP contribution in [0.15, 0.2) is 0 Å². The lowest BCUT2D eigenvalue weighted by atomic mass is 10.2. The number of amides is 2. The molecule has 2 amide bonds. The lowest BCUT2D eigenvalue weighted by Gasteiger charge is -2.22. The summed E-state index contributed by atoms with van der Waals surface area (Å²) in [5.41, 5.74) is 0. The molecule has 0 saturated heterocycles. The van der Waals surface area contributed by atoms with Gasteiger partial charge in [0.2, 0.25) is 0 Å². The van der Waals surface area contributed by atoms with Crippen molar-refractivity contribution in [2.24, 2.45) is 0 Å². The Hall–Kier alpha value is -1.30. The third-order valence-corrected chi connectivity index (χ3v) is 2.53. The van der Waals surface area contributed by atoms with Crippen molar-refractivity contribution in [2.75, 3.05) is 26.2 Å². The minimum Gasteiger partial charge on any atom is -0.481 e. The number of carbonyl (C=O) groups excluding carboxylic acids is 1. The monoisotopic (exact) mass is 260 g/mol. The van der Waals surface area contributed by atoms with E-state index in [2.05, 4.69) is 12.2 Å². The van der Waals surface area contributed by atoms with Gasteiger partial charge in [-0.1, -0.05) is 19.8 Å². The minimum atomic E-state index is -0.862. The number of hydrogen-bond acceptors (Lipinski definition) is 3. The van der Waals surface area contributed by atoms with E-state index in [4.69, 9.17) is 10.2 Å². The van der Waals surface area contributed by atoms with Gasteiger partial charge in [0, 0.05) is 26.1 Å². The van der Waals surface area contributed by atoms with E-state index in [9.17, 15) is 9.59 Å². The van der Waals surface area contributed by atoms with Crippen molar-refractivity contribution in [3.05, 3.63) is 0 Å². The van der Waals surface area contributed by atoms with Crippen LogP contribution in [0.2, 0.25) is 0 Å². The van der Waals surface area contributed by atoms with Crippen LogP contribution in [0.5, 0.6) is 0 Å². The lowest BCUT2D eigenvalue weighted by molar-refractivity contribution is -0.137. The molecule has 0 aliphatic carbocycles. The van der Waals surface area contributed by atoms with Crippen LogP contribution in [-0.4, -0.2) is 53.4 Å². The molecule has 0 spiro atoms. The Balaban J connectivity index is 3.86. The molecule has 0 atom stereocenters. The Bertz CT molecular complexity index is 246. The third kappa shape index (κ3) is 8.81. The normalized spacial score (nSPS) is 10.1. The van der Waals surface area contributed by atoms with E-state index in [-0.39, 0.29) is 19.1 Å². The predicted molar refractivity (Wildman–Crippen MR) is 68.5 cm³/mol. The first-order valence-electron chi connectivity index (χ1n) is 6.47. The summed E-state index contributed by atoms with van der Waals surface area (Å²) in [6.45, 7) is 3.31. The summed E-state index contributed by atoms with van der Waals surface area (Å²) in [6, 6.07) is -0.231. The standard InChI is InChI=1S/C12H24N2O4/c1-2-3-4-8-14(9-10-15)12(18)13-7-5-6-11(16)17/h15H,2-10H2,1H3,(H,13,18)(H,16,17). The first kappa shape index (κ1) is 16.7. The SMILES string of the molecule is CCCCCN(CCO)C(=O)NCCCC(=O)O. The molecule has 6 heteroatoms. The van der Waals surface area contributed by atoms with Gasteiger partial charge < -0.3 is 20.4 Å². The van der Waals surface area contributed by atoms with E-state index in [1.165, 1.54) is 0 Å². The second-order valence-corrected chi connectivity index (χ2v) is 4.15. The molecule has 106 valence electrons. The molecule has 0 aliphatic rings. The number of hydrogen-bond donors (Lipinski definition) is 3. The summed E-state index contributed by atoms with van der Waals surface area (Å²) in [4.78, 5) is 23.6. The van der Waals surface area contributed by atoms with E-state index < -0.39 is 5.97 Å². The van der Waals surface area contributed by atoms with Crippen LogP contribution in [0, 0.1) is 0 Å². The van der Waals surface area contributed by atoms with Crippen molar-refractivity contribution < 1.29 is 19.8 Å². The van der Waals surface area contributed by atoms with Crippen molar-refractivity contribution in [1.82, 2.24) is 10.2 Å². The van der Waals surface area contributed by atoms with Crippen LogP contribution < -0.4 is 5.32 Å². The summed E-state index contributed by atoms with van der Waals surface area (Å²) in [6.07, 6.45) is 3.51. The largest absolute Gasteiger partial charge is 0.481 e. The molecule has 18 heavy (non-hydrogen) atoms. The lowest BCUT2D eigenvalue weighted by Crippen LogP contribution is -2.42. The number of carbonyl (C=O) groups is 2. The molecule has 0 unspecified atom stereocenters. The molecule has 0 aromatic heterocycles. The van der Waals surface area contributed by atoms with Crippen molar-refractivity contribution >= 4 is 12.0 Å². The number of aliphatic hydroxyl groups is 1. The molecule has 0 aliphatic heterocycles. The number of aliphatic carboxylic acids is 1. The van der Waals surface area contributed by atoms with E-state index in [0.29, 0.717) is 26.1 Å². The van der Waals surface area contributed by atoms with Crippen LogP contribution in [0.4, 0.5) is 4.79 Å². The number of carboxylic acid groups (broad SMARTS) is 1. The summed E-state index contributed by atoms with van der Waals surface area (Å²) < 4.78 is 0. The maximum atomic E-state index is 11.7. The van der Waals surface area contributed by atoms with Crippen LogP contribution in [0.25, 0.3) is 0 Å². The van der Waals surface area contributed by atoms with Gasteiger partial charge in [0.15, 0.2) is 0 Å². The molecule has 6 nitrogen and oxygen atoms in total. The summed E-state index contributed by atoms with van der Waals surface area (Å²) in [5, 5.41) is 20.0. The smallest absolute Gasteiger partial charge is 0.317 e. The highest BCUT2D eigenvalue weighted by molar-refractivity contribution is 5.74. The van der Waals surface area contributed by atoms with Gasteiger partial charge in [-0.2, -0.15) is 0 Å². The van der Waals surface area contributed by atoms with Crippen LogP contribution in [0.3, 0.4) is 0 Å². The van der Waals surface area contributed by atoms with Crippen LogP contribution in [0.1, 0.15) is 39.0 Å². The Labute approximate surface area is 108 Å². The van der Waals surface area contributed by atoms with Gasteiger partial charge in [-0.15, -0.1) is 0 Å². The highest BCUT2D eigenvalue weighted by Crippen LogP contribution is 1.99. The molecule has 3 N–H and O–H groups in total. The van der Waals surface area contributed by atoms with Crippen LogP contribution in [-0.2, 0) is 4.79 Å². The molecular formula is C12H24N2O4. The Morgan fingerprint density at radius 3 is 2.44 bits per heavy atom. The van der Waals surface area contributed by atoms with Gasteiger partial charge in [0.05, 0.1) is 6.61 Å². The zero-order valence-electron chi connectivity index (χ0n) is 11.0. The van der Waals surface area contributed by atoms with Crippen molar-refractivity contribution in [3.63, 3.8) is 0 Å². The predicted octanol–water partition coefficient (Wildman–Crippen LogP) is 1.05. The molecule has 0 radical (unpaired) electrons. The Kier molecular flexibility index (Phi) is 10.0. The molecule has 0 fully saturated rings. The van der Waals surface area contributed by atoms with Crippen LogP contribution >= 0.6 is 0 Å². The average molecular weight is 260 g/mol. The van der Waals surface area contributed by atoms with Gasteiger partial charge in [-0.3, -0.25) is 4.79 Å². The first-order valence-corrected chi connectivity index (χ1v) is 6.47. The van der Waals surface area contributed by atoms with Gasteiger partial charge in [-0.05, 0) is 12.8 Å². The first-order chi connectivity index (χ1) is 8.61. The third-order valence-electron chi connectivity index (χ3n) is 2.53. The highest BCUT2D eigenvalue weighted by Gasteiger charge is 2.11. The van der Waals surface area contributed by atoms with Gasteiger partial charge in [0.25, 0.3) is 0 Å². The zero-order valence-corrected chi connectivity index (χ0v) is 11.0. The number of urea groups is 1. The molecule has 0 aromatic carbocycles. The molecule has 0 bridgehead atoms. The zero-order chi connectivity index (χ0) is 13.8. The second kappa shape index (κ2) is 10.8. The Morgan fingerprint density at radius 1 is 1.17 bits per heavy atom. The van der Waals surface area contributed by atoms with Crippen molar-refractivity contribution in [1.29, 1.82) is 0 Å². The van der Waals surface area contributed by atoms with Crippen molar-refractivity contribution in [2.45, 2.75) is 39.0 Å². The fraction of sp³-hybridized carbons (Fsp3) is 0.833. The maximum absolute atomic E-state index is 11.7. The van der Waals surface area contributed by atoms with Gasteiger partial charge in [0.1, 0.15) is 0 Å². The quantitative estimate of drug-likeness (QED) is 0.512. The molecule has 0 rings (SSSR count). The minimum absolute atomic E-state index is 0.0517. The molecule has 0 aromatic rings. The highest BCUT2D eigenvalue weighted by atomic mass is 16.4. The maximum Gasteiger partial charge on any atom is 0.317 e. The van der Waals surface area contributed by atoms with Gasteiger partial charge in [-0.25, -0.2) is 4.79 Å². The van der Waals surface area contributed by atoms with Gasteiger partial charge >= 0.3 is 12.0 Å². The van der Waals surface area contributed by atoms with E-state index >= 15 is 0 Å². The number of rotatable bonds is 10. The fourth-order valence-electron chi connectivity index (χ4n) is 1.54. The van der Waals surface area contributed by atoms with E-state index in [1.54, 1.807) is 4.90 Å². The summed E-state index contributed by atoms with van der Waals surface area (Å²) >= 11 is 0. The molecule has 0 heterocycles. The van der Waals surface area contributed by atoms with Crippen molar-refractivity contribution in [3.8, 4) is 0 Å². The second-order valence-electron chi connectivity index (χ2n) is 4.15.